The lowest BCUT2D eigenvalue weighted by Gasteiger charge is -2.39. The van der Waals surface area contributed by atoms with Crippen LogP contribution in [0.5, 0.6) is 0 Å². The predicted molar refractivity (Wildman–Crippen MR) is 122 cm³/mol. The van der Waals surface area contributed by atoms with Crippen LogP contribution in [0.2, 0.25) is 0 Å². The van der Waals surface area contributed by atoms with Crippen LogP contribution in [-0.4, -0.2) is 64.5 Å². The van der Waals surface area contributed by atoms with Gasteiger partial charge in [0.2, 0.25) is 0 Å². The van der Waals surface area contributed by atoms with E-state index in [-0.39, 0.29) is 24.0 Å². The average Bonchev–Trinajstić information content (AvgIpc) is 3.17. The molecule has 2 heterocycles. The summed E-state index contributed by atoms with van der Waals surface area (Å²) in [5.74, 6) is 1.26. The Morgan fingerprint density at radius 3 is 2.70 bits per heavy atom. The second-order valence-electron chi connectivity index (χ2n) is 7.93. The van der Waals surface area contributed by atoms with Gasteiger partial charge in [0.05, 0.1) is 12.2 Å². The van der Waals surface area contributed by atoms with Crippen molar-refractivity contribution in [3.63, 3.8) is 0 Å². The largest absolute Gasteiger partial charge is 0.416 e. The fourth-order valence-corrected chi connectivity index (χ4v) is 4.33. The zero-order valence-electron chi connectivity index (χ0n) is 17.5. The van der Waals surface area contributed by atoms with Gasteiger partial charge in [-0.1, -0.05) is 18.2 Å². The molecule has 170 valence electrons. The van der Waals surface area contributed by atoms with Gasteiger partial charge in [-0.25, -0.2) is 0 Å². The highest BCUT2D eigenvalue weighted by molar-refractivity contribution is 14.0. The van der Waals surface area contributed by atoms with Crippen LogP contribution in [0.3, 0.4) is 0 Å². The summed E-state index contributed by atoms with van der Waals surface area (Å²) in [7, 11) is 3.45. The summed E-state index contributed by atoms with van der Waals surface area (Å²) < 4.78 is 50.5. The summed E-state index contributed by atoms with van der Waals surface area (Å²) >= 11 is 0. The molecule has 1 N–H and O–H groups in total. The molecule has 2 aliphatic rings. The van der Waals surface area contributed by atoms with Crippen molar-refractivity contribution in [2.45, 2.75) is 30.9 Å². The molecule has 5 nitrogen and oxygen atoms in total. The summed E-state index contributed by atoms with van der Waals surface area (Å²) in [6, 6.07) is 5.72. The lowest BCUT2D eigenvalue weighted by atomic mass is 9.73. The Balaban J connectivity index is 0.00000320. The third-order valence-corrected chi connectivity index (χ3v) is 6.04. The monoisotopic (exact) mass is 541 g/mol. The minimum atomic E-state index is -4.35. The number of benzene rings is 1. The molecular formula is C21H31F3IN3O2. The first-order valence-corrected chi connectivity index (χ1v) is 10.1. The summed E-state index contributed by atoms with van der Waals surface area (Å²) in [6.45, 7) is 4.08. The van der Waals surface area contributed by atoms with Gasteiger partial charge in [0.15, 0.2) is 5.96 Å². The van der Waals surface area contributed by atoms with E-state index >= 15 is 0 Å². The van der Waals surface area contributed by atoms with Crippen molar-refractivity contribution < 1.29 is 22.6 Å². The molecule has 0 aliphatic carbocycles. The van der Waals surface area contributed by atoms with Gasteiger partial charge in [-0.3, -0.25) is 4.99 Å². The molecular weight excluding hydrogens is 510 g/mol. The fraction of sp³-hybridized carbons (Fsp3) is 0.667. The first kappa shape index (κ1) is 25.2. The minimum absolute atomic E-state index is 0. The number of ether oxygens (including phenoxy) is 2. The van der Waals surface area contributed by atoms with Gasteiger partial charge >= 0.3 is 6.18 Å². The van der Waals surface area contributed by atoms with Gasteiger partial charge in [0, 0.05) is 58.3 Å². The number of halogens is 4. The molecule has 2 fully saturated rings. The van der Waals surface area contributed by atoms with Crippen LogP contribution in [0.4, 0.5) is 13.2 Å². The smallest absolute Gasteiger partial charge is 0.384 e. The van der Waals surface area contributed by atoms with E-state index < -0.39 is 17.2 Å². The Labute approximate surface area is 193 Å². The highest BCUT2D eigenvalue weighted by Gasteiger charge is 2.38. The summed E-state index contributed by atoms with van der Waals surface area (Å²) in [6.07, 6.45) is -1.96. The Bertz CT molecular complexity index is 709. The number of methoxy groups -OCH3 is 1. The van der Waals surface area contributed by atoms with Gasteiger partial charge in [-0.15, -0.1) is 24.0 Å². The zero-order valence-corrected chi connectivity index (χ0v) is 19.8. The summed E-state index contributed by atoms with van der Waals surface area (Å²) in [5.41, 5.74) is -0.314. The predicted octanol–water partition coefficient (Wildman–Crippen LogP) is 3.92. The molecule has 30 heavy (non-hydrogen) atoms. The third-order valence-electron chi connectivity index (χ3n) is 6.04. The van der Waals surface area contributed by atoms with Crippen LogP contribution in [0, 0.1) is 5.92 Å². The molecule has 1 aromatic rings. The number of aliphatic imine (C=N–C) groups is 1. The van der Waals surface area contributed by atoms with Gasteiger partial charge in [0.25, 0.3) is 0 Å². The van der Waals surface area contributed by atoms with E-state index in [1.165, 1.54) is 12.1 Å². The second-order valence-corrected chi connectivity index (χ2v) is 7.93. The lowest BCUT2D eigenvalue weighted by Crippen LogP contribution is -2.49. The highest BCUT2D eigenvalue weighted by atomic mass is 127. The minimum Gasteiger partial charge on any atom is -0.384 e. The number of alkyl halides is 3. The first-order chi connectivity index (χ1) is 13.9. The van der Waals surface area contributed by atoms with Crippen molar-refractivity contribution in [1.82, 2.24) is 10.2 Å². The Kier molecular flexibility index (Phi) is 9.23. The van der Waals surface area contributed by atoms with E-state index in [1.807, 2.05) is 0 Å². The van der Waals surface area contributed by atoms with E-state index in [1.54, 1.807) is 20.2 Å². The van der Waals surface area contributed by atoms with Crippen molar-refractivity contribution >= 4 is 29.9 Å². The third kappa shape index (κ3) is 6.00. The molecule has 0 bridgehead atoms. The zero-order chi connectivity index (χ0) is 20.9. The maximum Gasteiger partial charge on any atom is 0.416 e. The number of nitrogens with one attached hydrogen (secondary N) is 1. The Hall–Kier alpha value is -1.07. The summed E-state index contributed by atoms with van der Waals surface area (Å²) in [5, 5.41) is 3.44. The molecule has 3 rings (SSSR count). The molecule has 1 unspecified atom stereocenters. The number of nitrogens with zero attached hydrogens (tertiary/aromatic N) is 2. The topological polar surface area (TPSA) is 46.1 Å². The fourth-order valence-electron chi connectivity index (χ4n) is 4.33. The number of hydrogen-bond donors (Lipinski definition) is 1. The van der Waals surface area contributed by atoms with Crippen LogP contribution < -0.4 is 5.32 Å². The van der Waals surface area contributed by atoms with E-state index in [0.29, 0.717) is 44.1 Å². The van der Waals surface area contributed by atoms with Crippen LogP contribution in [0.15, 0.2) is 29.3 Å². The molecule has 0 amide bonds. The van der Waals surface area contributed by atoms with Gasteiger partial charge < -0.3 is 19.7 Å². The van der Waals surface area contributed by atoms with Crippen molar-refractivity contribution in [2.24, 2.45) is 10.9 Å². The first-order valence-electron chi connectivity index (χ1n) is 10.1. The quantitative estimate of drug-likeness (QED) is 0.349. The maximum atomic E-state index is 13.3. The molecule has 0 radical (unpaired) electrons. The lowest BCUT2D eigenvalue weighted by molar-refractivity contribution is -0.137. The highest BCUT2D eigenvalue weighted by Crippen LogP contribution is 2.38. The standard InChI is InChI=1S/C21H30F3N3O2.HI/c1-25-19(27-9-6-16(13-27)14-28-2)26-15-20(7-10-29-11-8-20)17-4-3-5-18(12-17)21(22,23)24;/h3-5,12,16H,6-11,13-15H2,1-2H3,(H,25,26);1H. The molecule has 2 saturated heterocycles. The van der Waals surface area contributed by atoms with Gasteiger partial charge in [0.1, 0.15) is 0 Å². The number of rotatable bonds is 5. The molecule has 9 heteroatoms. The van der Waals surface area contributed by atoms with E-state index in [0.717, 1.165) is 38.1 Å². The molecule has 1 atom stereocenters. The van der Waals surface area contributed by atoms with Crippen LogP contribution >= 0.6 is 24.0 Å². The van der Waals surface area contributed by atoms with Crippen LogP contribution in [0.1, 0.15) is 30.4 Å². The van der Waals surface area contributed by atoms with Crippen molar-refractivity contribution in [1.29, 1.82) is 0 Å². The van der Waals surface area contributed by atoms with Crippen LogP contribution in [-0.2, 0) is 21.1 Å². The van der Waals surface area contributed by atoms with Crippen molar-refractivity contribution in [3.05, 3.63) is 35.4 Å². The number of likely N-dealkylation sites (tertiary alicyclic amines) is 1. The van der Waals surface area contributed by atoms with E-state index in [9.17, 15) is 13.2 Å². The van der Waals surface area contributed by atoms with Crippen molar-refractivity contribution in [2.75, 3.05) is 53.6 Å². The number of hydrogen-bond acceptors (Lipinski definition) is 3. The van der Waals surface area contributed by atoms with Gasteiger partial charge in [-0.2, -0.15) is 13.2 Å². The average molecular weight is 541 g/mol. The van der Waals surface area contributed by atoms with Gasteiger partial charge in [-0.05, 0) is 30.9 Å². The normalized spacial score (nSPS) is 22.0. The van der Waals surface area contributed by atoms with Crippen LogP contribution in [0.25, 0.3) is 0 Å². The van der Waals surface area contributed by atoms with Crippen molar-refractivity contribution in [3.8, 4) is 0 Å². The maximum absolute atomic E-state index is 13.3. The second kappa shape index (κ2) is 11.0. The molecule has 0 spiro atoms. The van der Waals surface area contributed by atoms with E-state index in [2.05, 4.69) is 15.2 Å². The Morgan fingerprint density at radius 2 is 2.07 bits per heavy atom. The Morgan fingerprint density at radius 1 is 1.33 bits per heavy atom. The molecule has 0 aromatic heterocycles. The number of guanidine groups is 1. The molecule has 2 aliphatic heterocycles. The van der Waals surface area contributed by atoms with E-state index in [4.69, 9.17) is 9.47 Å². The SMILES string of the molecule is CN=C(NCC1(c2cccc(C(F)(F)F)c2)CCOCC1)N1CCC(COC)C1.I. The molecule has 1 aromatic carbocycles. The summed E-state index contributed by atoms with van der Waals surface area (Å²) in [4.78, 5) is 6.61. The molecule has 0 saturated carbocycles.